The molecule has 1 heterocycles. The van der Waals surface area contributed by atoms with Crippen LogP contribution in [0.25, 0.3) is 0 Å². The number of nitrogens with two attached hydrogens (primary N) is 1. The topological polar surface area (TPSA) is 105 Å². The SMILES string of the molecule is CC(NC(N)=O)(C(=O)O)c1ccccn1. The summed E-state index contributed by atoms with van der Waals surface area (Å²) in [5, 5.41) is 11.2. The summed E-state index contributed by atoms with van der Waals surface area (Å²) in [6.07, 6.45) is 1.44. The van der Waals surface area contributed by atoms with Gasteiger partial charge in [-0.15, -0.1) is 0 Å². The molecule has 0 aromatic carbocycles. The molecule has 1 rings (SSSR count). The van der Waals surface area contributed by atoms with E-state index in [0.717, 1.165) is 0 Å². The molecular weight excluding hydrogens is 198 g/mol. The first-order chi connectivity index (χ1) is 6.97. The van der Waals surface area contributed by atoms with E-state index in [2.05, 4.69) is 10.3 Å². The van der Waals surface area contributed by atoms with Gasteiger partial charge < -0.3 is 16.2 Å². The third-order valence-corrected chi connectivity index (χ3v) is 1.98. The number of nitrogens with zero attached hydrogens (tertiary/aromatic N) is 1. The first-order valence-corrected chi connectivity index (χ1v) is 4.19. The van der Waals surface area contributed by atoms with Gasteiger partial charge in [0, 0.05) is 6.20 Å². The highest BCUT2D eigenvalue weighted by Gasteiger charge is 2.37. The summed E-state index contributed by atoms with van der Waals surface area (Å²) in [4.78, 5) is 25.6. The number of aromatic nitrogens is 1. The maximum atomic E-state index is 11.0. The van der Waals surface area contributed by atoms with Gasteiger partial charge in [-0.05, 0) is 19.1 Å². The second kappa shape index (κ2) is 3.95. The molecule has 0 spiro atoms. The number of primary amides is 1. The standard InChI is InChI=1S/C9H11N3O3/c1-9(7(13)14,12-8(10)15)6-4-2-3-5-11-6/h2-5H,1H3,(H,13,14)(H3,10,12,15). The Morgan fingerprint density at radius 2 is 2.20 bits per heavy atom. The Morgan fingerprint density at radius 3 is 2.60 bits per heavy atom. The Hall–Kier alpha value is -2.11. The van der Waals surface area contributed by atoms with Crippen molar-refractivity contribution in [1.29, 1.82) is 0 Å². The molecule has 15 heavy (non-hydrogen) atoms. The summed E-state index contributed by atoms with van der Waals surface area (Å²) in [5.41, 5.74) is 3.53. The van der Waals surface area contributed by atoms with Gasteiger partial charge in [-0.1, -0.05) is 6.07 Å². The van der Waals surface area contributed by atoms with Gasteiger partial charge in [0.1, 0.15) is 0 Å². The fourth-order valence-corrected chi connectivity index (χ4v) is 1.13. The van der Waals surface area contributed by atoms with Crippen LogP contribution in [0.4, 0.5) is 4.79 Å². The second-order valence-corrected chi connectivity index (χ2v) is 3.13. The van der Waals surface area contributed by atoms with E-state index in [1.54, 1.807) is 12.1 Å². The van der Waals surface area contributed by atoms with Crippen molar-refractivity contribution in [3.8, 4) is 0 Å². The zero-order valence-corrected chi connectivity index (χ0v) is 8.10. The maximum absolute atomic E-state index is 11.0. The zero-order valence-electron chi connectivity index (χ0n) is 8.10. The highest BCUT2D eigenvalue weighted by Crippen LogP contribution is 2.17. The molecule has 0 aliphatic rings. The second-order valence-electron chi connectivity index (χ2n) is 3.13. The number of carbonyl (C=O) groups excluding carboxylic acids is 1. The lowest BCUT2D eigenvalue weighted by Crippen LogP contribution is -2.51. The Labute approximate surface area is 86.1 Å². The van der Waals surface area contributed by atoms with Crippen LogP contribution >= 0.6 is 0 Å². The van der Waals surface area contributed by atoms with Crippen molar-refractivity contribution >= 4 is 12.0 Å². The van der Waals surface area contributed by atoms with Crippen molar-refractivity contribution in [3.63, 3.8) is 0 Å². The van der Waals surface area contributed by atoms with Gasteiger partial charge in [-0.2, -0.15) is 0 Å². The first kappa shape index (κ1) is 11.0. The molecule has 0 aliphatic heterocycles. The molecule has 6 heteroatoms. The van der Waals surface area contributed by atoms with Crippen LogP contribution in [0.3, 0.4) is 0 Å². The summed E-state index contributed by atoms with van der Waals surface area (Å²) < 4.78 is 0. The van der Waals surface area contributed by atoms with Gasteiger partial charge in [0.25, 0.3) is 0 Å². The predicted molar refractivity (Wildman–Crippen MR) is 51.9 cm³/mol. The van der Waals surface area contributed by atoms with Crippen LogP contribution in [0.2, 0.25) is 0 Å². The van der Waals surface area contributed by atoms with E-state index in [9.17, 15) is 9.59 Å². The molecule has 0 bridgehead atoms. The van der Waals surface area contributed by atoms with Crippen molar-refractivity contribution in [3.05, 3.63) is 30.1 Å². The number of carboxylic acid groups (broad SMARTS) is 1. The first-order valence-electron chi connectivity index (χ1n) is 4.19. The molecule has 0 aliphatic carbocycles. The molecule has 1 atom stereocenters. The van der Waals surface area contributed by atoms with Crippen LogP contribution in [0.15, 0.2) is 24.4 Å². The van der Waals surface area contributed by atoms with Gasteiger partial charge >= 0.3 is 12.0 Å². The number of nitrogens with one attached hydrogen (secondary N) is 1. The van der Waals surface area contributed by atoms with Crippen LogP contribution in [-0.4, -0.2) is 22.1 Å². The zero-order chi connectivity index (χ0) is 11.5. The molecule has 4 N–H and O–H groups in total. The summed E-state index contributed by atoms with van der Waals surface area (Å²) in [5.74, 6) is -1.22. The van der Waals surface area contributed by atoms with E-state index < -0.39 is 17.5 Å². The number of pyridine rings is 1. The molecule has 6 nitrogen and oxygen atoms in total. The third-order valence-electron chi connectivity index (χ3n) is 1.98. The average molecular weight is 209 g/mol. The molecule has 0 radical (unpaired) electrons. The summed E-state index contributed by atoms with van der Waals surface area (Å²) >= 11 is 0. The molecule has 2 amide bonds. The highest BCUT2D eigenvalue weighted by atomic mass is 16.4. The van der Waals surface area contributed by atoms with Gasteiger partial charge in [-0.3, -0.25) is 4.98 Å². The van der Waals surface area contributed by atoms with E-state index >= 15 is 0 Å². The molecule has 1 aromatic heterocycles. The van der Waals surface area contributed by atoms with Crippen molar-refractivity contribution in [2.75, 3.05) is 0 Å². The van der Waals surface area contributed by atoms with Gasteiger partial charge in [-0.25, -0.2) is 9.59 Å². The predicted octanol–water partition coefficient (Wildman–Crippen LogP) is 0.0497. The molecule has 0 fully saturated rings. The summed E-state index contributed by atoms with van der Waals surface area (Å²) in [6.45, 7) is 1.32. The molecule has 1 aromatic rings. The Bertz CT molecular complexity index is 379. The van der Waals surface area contributed by atoms with Crippen LogP contribution in [0.5, 0.6) is 0 Å². The number of carboxylic acids is 1. The fourth-order valence-electron chi connectivity index (χ4n) is 1.13. The Kier molecular flexibility index (Phi) is 2.89. The highest BCUT2D eigenvalue weighted by molar-refractivity contribution is 5.85. The van der Waals surface area contributed by atoms with Crippen molar-refractivity contribution < 1.29 is 14.7 Å². The van der Waals surface area contributed by atoms with E-state index in [1.807, 2.05) is 0 Å². The van der Waals surface area contributed by atoms with E-state index in [1.165, 1.54) is 19.2 Å². The lowest BCUT2D eigenvalue weighted by Gasteiger charge is -2.24. The molecule has 1 unspecified atom stereocenters. The number of urea groups is 1. The van der Waals surface area contributed by atoms with Gasteiger partial charge in [0.15, 0.2) is 5.54 Å². The smallest absolute Gasteiger partial charge is 0.335 e. The Morgan fingerprint density at radius 1 is 1.53 bits per heavy atom. The van der Waals surface area contributed by atoms with Gasteiger partial charge in [0.2, 0.25) is 0 Å². The number of amides is 2. The number of aliphatic carboxylic acids is 1. The maximum Gasteiger partial charge on any atom is 0.335 e. The van der Waals surface area contributed by atoms with Crippen LogP contribution in [0.1, 0.15) is 12.6 Å². The number of hydrogen-bond donors (Lipinski definition) is 3. The lowest BCUT2D eigenvalue weighted by atomic mass is 9.97. The monoisotopic (exact) mass is 209 g/mol. The summed E-state index contributed by atoms with van der Waals surface area (Å²) in [6, 6.07) is 3.87. The number of rotatable bonds is 3. The fraction of sp³-hybridized carbons (Fsp3) is 0.222. The number of hydrogen-bond acceptors (Lipinski definition) is 3. The van der Waals surface area contributed by atoms with E-state index in [0.29, 0.717) is 0 Å². The minimum atomic E-state index is -1.60. The quantitative estimate of drug-likeness (QED) is 0.654. The minimum absolute atomic E-state index is 0.219. The average Bonchev–Trinajstić information content (AvgIpc) is 2.17. The third kappa shape index (κ3) is 2.22. The van der Waals surface area contributed by atoms with Crippen LogP contribution in [-0.2, 0) is 10.3 Å². The molecular formula is C9H11N3O3. The largest absolute Gasteiger partial charge is 0.479 e. The Balaban J connectivity index is 3.13. The van der Waals surface area contributed by atoms with Crippen molar-refractivity contribution in [2.24, 2.45) is 5.73 Å². The molecule has 0 saturated heterocycles. The van der Waals surface area contributed by atoms with Gasteiger partial charge in [0.05, 0.1) is 5.69 Å². The normalized spacial score (nSPS) is 13.9. The van der Waals surface area contributed by atoms with Crippen LogP contribution in [0, 0.1) is 0 Å². The summed E-state index contributed by atoms with van der Waals surface area (Å²) in [7, 11) is 0. The van der Waals surface area contributed by atoms with Crippen molar-refractivity contribution in [1.82, 2.24) is 10.3 Å². The van der Waals surface area contributed by atoms with E-state index in [-0.39, 0.29) is 5.69 Å². The van der Waals surface area contributed by atoms with Crippen LogP contribution < -0.4 is 11.1 Å². The van der Waals surface area contributed by atoms with E-state index in [4.69, 9.17) is 10.8 Å². The molecule has 0 saturated carbocycles. The minimum Gasteiger partial charge on any atom is -0.479 e. The van der Waals surface area contributed by atoms with Crippen molar-refractivity contribution in [2.45, 2.75) is 12.5 Å². The molecule has 80 valence electrons. The lowest BCUT2D eigenvalue weighted by molar-refractivity contribution is -0.144. The number of carbonyl (C=O) groups is 2.